The number of benzene rings is 1. The molecule has 1 atom stereocenters. The second-order valence-electron chi connectivity index (χ2n) is 4.73. The van der Waals surface area contributed by atoms with Gasteiger partial charge < -0.3 is 0 Å². The summed E-state index contributed by atoms with van der Waals surface area (Å²) in [5.74, 6) is -0.235. The Bertz CT molecular complexity index is 481. The van der Waals surface area contributed by atoms with E-state index in [2.05, 4.69) is 6.08 Å². The van der Waals surface area contributed by atoms with Gasteiger partial charge in [-0.15, -0.1) is 0 Å². The predicted molar refractivity (Wildman–Crippen MR) is 71.5 cm³/mol. The van der Waals surface area contributed by atoms with Crippen LogP contribution in [-0.2, 0) is 9.63 Å². The van der Waals surface area contributed by atoms with Crippen molar-refractivity contribution in [3.63, 3.8) is 0 Å². The monoisotopic (exact) mass is 263 g/mol. The third kappa shape index (κ3) is 3.20. The second kappa shape index (κ2) is 5.97. The number of hydrogen-bond donors (Lipinski definition) is 0. The van der Waals surface area contributed by atoms with Gasteiger partial charge in [0, 0.05) is 13.0 Å². The van der Waals surface area contributed by atoms with Gasteiger partial charge in [-0.2, -0.15) is 0 Å². The van der Waals surface area contributed by atoms with Gasteiger partial charge in [-0.3, -0.25) is 9.63 Å². The van der Waals surface area contributed by atoms with Gasteiger partial charge in [0.05, 0.1) is 7.11 Å². The molecule has 0 heterocycles. The van der Waals surface area contributed by atoms with Crippen LogP contribution in [-0.4, -0.2) is 25.1 Å². The number of hydrogen-bond acceptors (Lipinski definition) is 2. The molecule has 1 aromatic carbocycles. The molecule has 19 heavy (non-hydrogen) atoms. The van der Waals surface area contributed by atoms with Crippen LogP contribution in [0.4, 0.5) is 4.39 Å². The summed E-state index contributed by atoms with van der Waals surface area (Å²) < 4.78 is 12.9. The third-order valence-electron chi connectivity index (χ3n) is 3.56. The van der Waals surface area contributed by atoms with Crippen molar-refractivity contribution in [3.8, 4) is 0 Å². The van der Waals surface area contributed by atoms with Crippen LogP contribution in [0.25, 0.3) is 5.57 Å². The standard InChI is InChI=1S/C15H18FNO2/c1-17(19-2)15(18)13-5-3-11(4-6-13)12-7-9-14(16)10-8-12/h3,7-10,13H,4-6H2,1-2H3. The highest BCUT2D eigenvalue weighted by molar-refractivity contribution is 5.79. The smallest absolute Gasteiger partial charge is 0.249 e. The lowest BCUT2D eigenvalue weighted by atomic mass is 9.86. The minimum atomic E-state index is -0.227. The van der Waals surface area contributed by atoms with Crippen molar-refractivity contribution in [3.05, 3.63) is 41.7 Å². The molecule has 0 aliphatic heterocycles. The van der Waals surface area contributed by atoms with Crippen molar-refractivity contribution in [1.82, 2.24) is 5.06 Å². The van der Waals surface area contributed by atoms with Crippen molar-refractivity contribution < 1.29 is 14.0 Å². The maximum atomic E-state index is 12.9. The first-order valence-corrected chi connectivity index (χ1v) is 6.38. The lowest BCUT2D eigenvalue weighted by Gasteiger charge is -2.24. The number of carbonyl (C=O) groups excluding carboxylic acids is 1. The van der Waals surface area contributed by atoms with Crippen molar-refractivity contribution >= 4 is 11.5 Å². The molecule has 0 radical (unpaired) electrons. The maximum Gasteiger partial charge on any atom is 0.249 e. The Hall–Kier alpha value is -1.68. The molecule has 0 spiro atoms. The van der Waals surface area contributed by atoms with Gasteiger partial charge in [0.15, 0.2) is 0 Å². The first kappa shape index (κ1) is 13.7. The van der Waals surface area contributed by atoms with E-state index < -0.39 is 0 Å². The van der Waals surface area contributed by atoms with Crippen molar-refractivity contribution in [2.75, 3.05) is 14.2 Å². The average Bonchev–Trinajstić information content (AvgIpc) is 2.46. The van der Waals surface area contributed by atoms with Gasteiger partial charge in [-0.25, -0.2) is 9.45 Å². The van der Waals surface area contributed by atoms with E-state index in [1.165, 1.54) is 29.9 Å². The van der Waals surface area contributed by atoms with Gasteiger partial charge in [-0.05, 0) is 42.5 Å². The number of amides is 1. The maximum absolute atomic E-state index is 12.9. The molecule has 1 unspecified atom stereocenters. The highest BCUT2D eigenvalue weighted by Crippen LogP contribution is 2.31. The Morgan fingerprint density at radius 1 is 1.37 bits per heavy atom. The lowest BCUT2D eigenvalue weighted by Crippen LogP contribution is -2.32. The molecule has 2 rings (SSSR count). The van der Waals surface area contributed by atoms with Crippen molar-refractivity contribution in [2.45, 2.75) is 19.3 Å². The van der Waals surface area contributed by atoms with E-state index in [1.54, 1.807) is 19.2 Å². The summed E-state index contributed by atoms with van der Waals surface area (Å²) in [5, 5.41) is 1.28. The van der Waals surface area contributed by atoms with Gasteiger partial charge in [0.25, 0.3) is 0 Å². The molecule has 0 fully saturated rings. The molecule has 1 aromatic rings. The topological polar surface area (TPSA) is 29.5 Å². The Balaban J connectivity index is 2.04. The van der Waals surface area contributed by atoms with E-state index in [4.69, 9.17) is 4.84 Å². The number of halogens is 1. The minimum absolute atomic E-state index is 0.0110. The van der Waals surface area contributed by atoms with Gasteiger partial charge in [0.2, 0.25) is 5.91 Å². The summed E-state index contributed by atoms with van der Waals surface area (Å²) in [7, 11) is 3.11. The van der Waals surface area contributed by atoms with E-state index in [0.29, 0.717) is 6.42 Å². The molecule has 0 saturated carbocycles. The van der Waals surface area contributed by atoms with Crippen LogP contribution in [0.5, 0.6) is 0 Å². The highest BCUT2D eigenvalue weighted by Gasteiger charge is 2.24. The normalized spacial score (nSPS) is 18.9. The van der Waals surface area contributed by atoms with Crippen LogP contribution >= 0.6 is 0 Å². The molecule has 0 aromatic heterocycles. The fourth-order valence-corrected chi connectivity index (χ4v) is 2.33. The molecule has 0 saturated heterocycles. The van der Waals surface area contributed by atoms with Gasteiger partial charge in [0.1, 0.15) is 5.82 Å². The Morgan fingerprint density at radius 3 is 2.58 bits per heavy atom. The fourth-order valence-electron chi connectivity index (χ4n) is 2.33. The molecule has 0 bridgehead atoms. The summed E-state index contributed by atoms with van der Waals surface area (Å²) in [5.41, 5.74) is 2.22. The first-order chi connectivity index (χ1) is 9.11. The molecular weight excluding hydrogens is 245 g/mol. The molecule has 1 aliphatic rings. The number of allylic oxidation sites excluding steroid dienone is 2. The van der Waals surface area contributed by atoms with Gasteiger partial charge in [-0.1, -0.05) is 18.2 Å². The third-order valence-corrected chi connectivity index (χ3v) is 3.56. The van der Waals surface area contributed by atoms with E-state index in [0.717, 1.165) is 18.4 Å². The average molecular weight is 263 g/mol. The van der Waals surface area contributed by atoms with E-state index >= 15 is 0 Å². The van der Waals surface area contributed by atoms with Crippen LogP contribution in [0.3, 0.4) is 0 Å². The van der Waals surface area contributed by atoms with Crippen LogP contribution < -0.4 is 0 Å². The zero-order chi connectivity index (χ0) is 13.8. The van der Waals surface area contributed by atoms with E-state index in [9.17, 15) is 9.18 Å². The second-order valence-corrected chi connectivity index (χ2v) is 4.73. The predicted octanol–water partition coefficient (Wildman–Crippen LogP) is 3.03. The lowest BCUT2D eigenvalue weighted by molar-refractivity contribution is -0.173. The summed E-state index contributed by atoms with van der Waals surface area (Å²) >= 11 is 0. The zero-order valence-corrected chi connectivity index (χ0v) is 11.2. The van der Waals surface area contributed by atoms with Crippen molar-refractivity contribution in [2.24, 2.45) is 5.92 Å². The number of hydroxylamine groups is 2. The Labute approximate surface area is 112 Å². The van der Waals surface area contributed by atoms with Gasteiger partial charge >= 0.3 is 0 Å². The molecular formula is C15H18FNO2. The molecule has 3 nitrogen and oxygen atoms in total. The Kier molecular flexibility index (Phi) is 4.32. The SMILES string of the molecule is CON(C)C(=O)C1CC=C(c2ccc(F)cc2)CC1. The first-order valence-electron chi connectivity index (χ1n) is 6.38. The minimum Gasteiger partial charge on any atom is -0.275 e. The number of carbonyl (C=O) groups is 1. The van der Waals surface area contributed by atoms with Crippen molar-refractivity contribution in [1.29, 1.82) is 0 Å². The summed E-state index contributed by atoms with van der Waals surface area (Å²) in [6.07, 6.45) is 4.41. The molecule has 102 valence electrons. The number of nitrogens with zero attached hydrogens (tertiary/aromatic N) is 1. The summed E-state index contributed by atoms with van der Waals surface area (Å²) in [6, 6.07) is 6.49. The largest absolute Gasteiger partial charge is 0.275 e. The molecule has 0 N–H and O–H groups in total. The van der Waals surface area contributed by atoms with E-state index in [1.807, 2.05) is 0 Å². The van der Waals surface area contributed by atoms with E-state index in [-0.39, 0.29) is 17.6 Å². The molecule has 1 amide bonds. The number of rotatable bonds is 3. The van der Waals surface area contributed by atoms with Crippen LogP contribution in [0, 0.1) is 11.7 Å². The van der Waals surface area contributed by atoms with Crippen LogP contribution in [0.2, 0.25) is 0 Å². The summed E-state index contributed by atoms with van der Waals surface area (Å²) in [4.78, 5) is 16.9. The fraction of sp³-hybridized carbons (Fsp3) is 0.400. The Morgan fingerprint density at radius 2 is 2.05 bits per heavy atom. The van der Waals surface area contributed by atoms with Crippen LogP contribution in [0.1, 0.15) is 24.8 Å². The quantitative estimate of drug-likeness (QED) is 0.784. The highest BCUT2D eigenvalue weighted by atomic mass is 19.1. The molecule has 4 heteroatoms. The molecule has 1 aliphatic carbocycles. The van der Waals surface area contributed by atoms with Crippen LogP contribution in [0.15, 0.2) is 30.3 Å². The zero-order valence-electron chi connectivity index (χ0n) is 11.2. The summed E-state index contributed by atoms with van der Waals surface area (Å²) in [6.45, 7) is 0.